The number of amides is 1. The van der Waals surface area contributed by atoms with Crippen LogP contribution < -0.4 is 0 Å². The van der Waals surface area contributed by atoms with Crippen molar-refractivity contribution in [3.63, 3.8) is 0 Å². The average Bonchev–Trinajstić information content (AvgIpc) is 3.04. The molecule has 0 bridgehead atoms. The largest absolute Gasteiger partial charge is 0.361 e. The fraction of sp³-hybridized carbons (Fsp3) is 0.308. The zero-order valence-corrected chi connectivity index (χ0v) is 9.23. The summed E-state index contributed by atoms with van der Waals surface area (Å²) in [6.07, 6.45) is 4.16. The van der Waals surface area contributed by atoms with Crippen LogP contribution in [0.4, 0.5) is 0 Å². The summed E-state index contributed by atoms with van der Waals surface area (Å²) in [4.78, 5) is 17.2. The van der Waals surface area contributed by atoms with Crippen LogP contribution in [0.2, 0.25) is 0 Å². The summed E-state index contributed by atoms with van der Waals surface area (Å²) in [6, 6.07) is 8.28. The quantitative estimate of drug-likeness (QED) is 0.818. The number of nitrogens with zero attached hydrogens (tertiary/aromatic N) is 1. The minimum absolute atomic E-state index is 0.121. The van der Waals surface area contributed by atoms with E-state index in [2.05, 4.69) is 4.98 Å². The van der Waals surface area contributed by atoms with Gasteiger partial charge in [-0.1, -0.05) is 12.1 Å². The van der Waals surface area contributed by atoms with Crippen molar-refractivity contribution >= 4 is 16.8 Å². The van der Waals surface area contributed by atoms with E-state index in [0.717, 1.165) is 29.3 Å². The van der Waals surface area contributed by atoms with Crippen LogP contribution in [0.3, 0.4) is 0 Å². The van der Waals surface area contributed by atoms with Crippen LogP contribution >= 0.6 is 0 Å². The third-order valence-electron chi connectivity index (χ3n) is 3.23. The predicted octanol–water partition coefficient (Wildman–Crippen LogP) is 2.40. The Balaban J connectivity index is 2.04. The lowest BCUT2D eigenvalue weighted by molar-refractivity contribution is 0.0787. The number of carbonyl (C=O) groups is 1. The van der Waals surface area contributed by atoms with Gasteiger partial charge < -0.3 is 9.88 Å². The normalized spacial score (nSPS) is 15.3. The molecule has 82 valence electrons. The van der Waals surface area contributed by atoms with E-state index in [4.69, 9.17) is 0 Å². The van der Waals surface area contributed by atoms with E-state index >= 15 is 0 Å². The Kier molecular flexibility index (Phi) is 1.99. The maximum atomic E-state index is 12.2. The molecule has 1 aromatic heterocycles. The Hall–Kier alpha value is -1.77. The highest BCUT2D eigenvalue weighted by atomic mass is 16.2. The van der Waals surface area contributed by atoms with Crippen molar-refractivity contribution in [2.24, 2.45) is 0 Å². The monoisotopic (exact) mass is 214 g/mol. The number of hydrogen-bond acceptors (Lipinski definition) is 1. The first-order chi connectivity index (χ1) is 7.77. The summed E-state index contributed by atoms with van der Waals surface area (Å²) < 4.78 is 0. The van der Waals surface area contributed by atoms with E-state index in [0.29, 0.717) is 6.04 Å². The van der Waals surface area contributed by atoms with E-state index in [-0.39, 0.29) is 5.91 Å². The van der Waals surface area contributed by atoms with Gasteiger partial charge in [-0.3, -0.25) is 4.79 Å². The van der Waals surface area contributed by atoms with Crippen molar-refractivity contribution in [1.82, 2.24) is 9.88 Å². The van der Waals surface area contributed by atoms with Crippen molar-refractivity contribution < 1.29 is 4.79 Å². The molecule has 0 atom stereocenters. The van der Waals surface area contributed by atoms with E-state index in [9.17, 15) is 4.79 Å². The molecule has 1 aromatic carbocycles. The van der Waals surface area contributed by atoms with E-state index < -0.39 is 0 Å². The van der Waals surface area contributed by atoms with Crippen LogP contribution in [0.5, 0.6) is 0 Å². The fourth-order valence-corrected chi connectivity index (χ4v) is 2.08. The molecule has 2 aromatic rings. The van der Waals surface area contributed by atoms with Crippen LogP contribution in [-0.2, 0) is 0 Å². The van der Waals surface area contributed by atoms with Gasteiger partial charge in [-0.15, -0.1) is 0 Å². The minimum atomic E-state index is 0.121. The number of carbonyl (C=O) groups excluding carboxylic acids is 1. The number of para-hydroxylation sites is 1. The first-order valence-electron chi connectivity index (χ1n) is 5.60. The molecule has 0 aliphatic heterocycles. The lowest BCUT2D eigenvalue weighted by atomic mass is 10.1. The SMILES string of the molecule is CN(C(=O)c1cccc2cc[nH]c12)C1CC1. The summed E-state index contributed by atoms with van der Waals surface area (Å²) >= 11 is 0. The summed E-state index contributed by atoms with van der Waals surface area (Å²) in [5.41, 5.74) is 1.72. The van der Waals surface area contributed by atoms with Crippen molar-refractivity contribution in [2.45, 2.75) is 18.9 Å². The molecule has 3 rings (SSSR count). The number of nitrogens with one attached hydrogen (secondary N) is 1. The fourth-order valence-electron chi connectivity index (χ4n) is 2.08. The van der Waals surface area contributed by atoms with Gasteiger partial charge in [0.1, 0.15) is 0 Å². The van der Waals surface area contributed by atoms with Gasteiger partial charge in [-0.05, 0) is 25.0 Å². The van der Waals surface area contributed by atoms with Gasteiger partial charge in [0.2, 0.25) is 0 Å². The van der Waals surface area contributed by atoms with Crippen LogP contribution in [0.25, 0.3) is 10.9 Å². The van der Waals surface area contributed by atoms with Gasteiger partial charge in [-0.25, -0.2) is 0 Å². The van der Waals surface area contributed by atoms with Gasteiger partial charge in [0.05, 0.1) is 11.1 Å². The highest BCUT2D eigenvalue weighted by Crippen LogP contribution is 2.28. The first kappa shape index (κ1) is 9.46. The molecule has 1 amide bonds. The summed E-state index contributed by atoms with van der Waals surface area (Å²) in [6.45, 7) is 0. The molecular weight excluding hydrogens is 200 g/mol. The van der Waals surface area contributed by atoms with Gasteiger partial charge in [-0.2, -0.15) is 0 Å². The number of H-pyrrole nitrogens is 1. The number of hydrogen-bond donors (Lipinski definition) is 1. The third kappa shape index (κ3) is 1.40. The molecular formula is C13H14N2O. The summed E-state index contributed by atoms with van der Waals surface area (Å²) in [5.74, 6) is 0.121. The molecule has 16 heavy (non-hydrogen) atoms. The smallest absolute Gasteiger partial charge is 0.255 e. The van der Waals surface area contributed by atoms with Crippen molar-refractivity contribution in [3.05, 3.63) is 36.0 Å². The van der Waals surface area contributed by atoms with E-state index in [1.807, 2.05) is 42.4 Å². The molecule has 3 heteroatoms. The Labute approximate surface area is 94.1 Å². The number of fused-ring (bicyclic) bond motifs is 1. The molecule has 1 heterocycles. The lowest BCUT2D eigenvalue weighted by Crippen LogP contribution is -2.28. The standard InChI is InChI=1S/C13H14N2O/c1-15(10-5-6-10)13(16)11-4-2-3-9-7-8-14-12(9)11/h2-4,7-8,10,14H,5-6H2,1H3. The van der Waals surface area contributed by atoms with Gasteiger partial charge >= 0.3 is 0 Å². The molecule has 0 saturated heterocycles. The van der Waals surface area contributed by atoms with Crippen LogP contribution in [0.15, 0.2) is 30.5 Å². The maximum absolute atomic E-state index is 12.2. The lowest BCUT2D eigenvalue weighted by Gasteiger charge is -2.16. The number of aromatic nitrogens is 1. The molecule has 1 aliphatic carbocycles. The van der Waals surface area contributed by atoms with E-state index in [1.165, 1.54) is 0 Å². The zero-order chi connectivity index (χ0) is 11.1. The van der Waals surface area contributed by atoms with Crippen LogP contribution in [-0.4, -0.2) is 28.9 Å². The topological polar surface area (TPSA) is 36.1 Å². The van der Waals surface area contributed by atoms with Crippen molar-refractivity contribution in [1.29, 1.82) is 0 Å². The second-order valence-electron chi connectivity index (χ2n) is 4.39. The molecule has 0 spiro atoms. The average molecular weight is 214 g/mol. The van der Waals surface area contributed by atoms with Crippen LogP contribution in [0.1, 0.15) is 23.2 Å². The third-order valence-corrected chi connectivity index (χ3v) is 3.23. The molecule has 3 nitrogen and oxygen atoms in total. The molecule has 1 aliphatic rings. The van der Waals surface area contributed by atoms with E-state index in [1.54, 1.807) is 0 Å². The number of aromatic amines is 1. The predicted molar refractivity (Wildman–Crippen MR) is 63.4 cm³/mol. The Morgan fingerprint density at radius 2 is 2.19 bits per heavy atom. The zero-order valence-electron chi connectivity index (χ0n) is 9.23. The maximum Gasteiger partial charge on any atom is 0.255 e. The Bertz CT molecular complexity index is 540. The Morgan fingerprint density at radius 1 is 1.38 bits per heavy atom. The van der Waals surface area contributed by atoms with Gasteiger partial charge in [0.25, 0.3) is 5.91 Å². The minimum Gasteiger partial charge on any atom is -0.361 e. The molecule has 1 fully saturated rings. The van der Waals surface area contributed by atoms with Crippen LogP contribution in [0, 0.1) is 0 Å². The second kappa shape index (κ2) is 3.37. The number of benzene rings is 1. The molecule has 1 saturated carbocycles. The van der Waals surface area contributed by atoms with Crippen molar-refractivity contribution in [2.75, 3.05) is 7.05 Å². The highest BCUT2D eigenvalue weighted by Gasteiger charge is 2.30. The number of rotatable bonds is 2. The van der Waals surface area contributed by atoms with Gasteiger partial charge in [0, 0.05) is 24.7 Å². The summed E-state index contributed by atoms with van der Waals surface area (Å²) in [7, 11) is 1.89. The second-order valence-corrected chi connectivity index (χ2v) is 4.39. The van der Waals surface area contributed by atoms with Crippen molar-refractivity contribution in [3.8, 4) is 0 Å². The summed E-state index contributed by atoms with van der Waals surface area (Å²) in [5, 5.41) is 1.09. The van der Waals surface area contributed by atoms with Gasteiger partial charge in [0.15, 0.2) is 0 Å². The molecule has 1 N–H and O–H groups in total. The molecule has 0 radical (unpaired) electrons. The molecule has 0 unspecified atom stereocenters. The first-order valence-corrected chi connectivity index (χ1v) is 5.60. The highest BCUT2D eigenvalue weighted by molar-refractivity contribution is 6.05. The Morgan fingerprint density at radius 3 is 2.94 bits per heavy atom.